The molecule has 0 fully saturated rings. The summed E-state index contributed by atoms with van der Waals surface area (Å²) in [4.78, 5) is 24.6. The van der Waals surface area contributed by atoms with E-state index >= 15 is 0 Å². The number of β-amino-alcohol motifs (C(OH)–C–C–N with tert-alkyl or cyclic N) is 1. The number of aromatic hydroxyl groups is 1. The Morgan fingerprint density at radius 1 is 1.29 bits per heavy atom. The molecule has 6 heteroatoms. The molecule has 1 heterocycles. The number of benzene rings is 1. The fourth-order valence-electron chi connectivity index (χ4n) is 2.07. The van der Waals surface area contributed by atoms with Crippen LogP contribution in [0.3, 0.4) is 0 Å². The van der Waals surface area contributed by atoms with Crippen molar-refractivity contribution in [3.8, 4) is 5.75 Å². The SMILES string of the molecule is CC(C)c1ccc(O)c(NC2=CC(=O)N(CCO)C2=O)c1. The van der Waals surface area contributed by atoms with Gasteiger partial charge in [-0.05, 0) is 23.6 Å². The lowest BCUT2D eigenvalue weighted by atomic mass is 10.0. The maximum absolute atomic E-state index is 12.0. The van der Waals surface area contributed by atoms with E-state index in [0.717, 1.165) is 10.5 Å². The Kier molecular flexibility index (Phi) is 4.28. The van der Waals surface area contributed by atoms with E-state index in [2.05, 4.69) is 5.32 Å². The van der Waals surface area contributed by atoms with Crippen molar-refractivity contribution in [2.24, 2.45) is 0 Å². The number of anilines is 1. The van der Waals surface area contributed by atoms with Crippen molar-refractivity contribution in [2.45, 2.75) is 19.8 Å². The molecule has 1 aromatic rings. The van der Waals surface area contributed by atoms with Gasteiger partial charge in [0.2, 0.25) is 0 Å². The van der Waals surface area contributed by atoms with Gasteiger partial charge in [0.1, 0.15) is 11.4 Å². The number of hydrogen-bond donors (Lipinski definition) is 3. The highest BCUT2D eigenvalue weighted by Crippen LogP contribution is 2.29. The van der Waals surface area contributed by atoms with Crippen LogP contribution in [0.25, 0.3) is 0 Å². The molecule has 2 amide bonds. The summed E-state index contributed by atoms with van der Waals surface area (Å²) in [5.74, 6) is -0.715. The van der Waals surface area contributed by atoms with Gasteiger partial charge in [-0.3, -0.25) is 14.5 Å². The molecule has 3 N–H and O–H groups in total. The van der Waals surface area contributed by atoms with Crippen molar-refractivity contribution < 1.29 is 19.8 Å². The lowest BCUT2D eigenvalue weighted by Crippen LogP contribution is -2.34. The maximum atomic E-state index is 12.0. The minimum Gasteiger partial charge on any atom is -0.506 e. The second-order valence-electron chi connectivity index (χ2n) is 5.13. The average Bonchev–Trinajstić information content (AvgIpc) is 2.69. The minimum absolute atomic E-state index is 0.00107. The molecule has 0 aromatic heterocycles. The van der Waals surface area contributed by atoms with Crippen LogP contribution in [0.2, 0.25) is 0 Å². The van der Waals surface area contributed by atoms with Crippen molar-refractivity contribution in [1.29, 1.82) is 0 Å². The number of carbonyl (C=O) groups excluding carboxylic acids is 2. The highest BCUT2D eigenvalue weighted by atomic mass is 16.3. The number of aliphatic hydroxyl groups excluding tert-OH is 1. The number of hydrogen-bond acceptors (Lipinski definition) is 5. The molecule has 1 aliphatic heterocycles. The molecule has 0 radical (unpaired) electrons. The Bertz CT molecular complexity index is 608. The van der Waals surface area contributed by atoms with Gasteiger partial charge in [0.25, 0.3) is 11.8 Å². The van der Waals surface area contributed by atoms with Crippen LogP contribution in [0, 0.1) is 0 Å². The Labute approximate surface area is 122 Å². The van der Waals surface area contributed by atoms with Crippen LogP contribution in [-0.4, -0.2) is 40.1 Å². The summed E-state index contributed by atoms with van der Waals surface area (Å²) in [5.41, 5.74) is 1.46. The van der Waals surface area contributed by atoms with Crippen LogP contribution < -0.4 is 5.32 Å². The fourth-order valence-corrected chi connectivity index (χ4v) is 2.07. The smallest absolute Gasteiger partial charge is 0.277 e. The van der Waals surface area contributed by atoms with E-state index in [4.69, 9.17) is 5.11 Å². The Morgan fingerprint density at radius 3 is 2.62 bits per heavy atom. The lowest BCUT2D eigenvalue weighted by molar-refractivity contribution is -0.137. The summed E-state index contributed by atoms with van der Waals surface area (Å²) in [7, 11) is 0. The molecule has 1 aliphatic rings. The third-order valence-corrected chi connectivity index (χ3v) is 3.29. The Balaban J connectivity index is 2.23. The number of imide groups is 1. The number of nitrogens with one attached hydrogen (secondary N) is 1. The fraction of sp³-hybridized carbons (Fsp3) is 0.333. The highest BCUT2D eigenvalue weighted by molar-refractivity contribution is 6.17. The summed E-state index contributed by atoms with van der Waals surface area (Å²) in [5, 5.41) is 21.5. The number of amides is 2. The lowest BCUT2D eigenvalue weighted by Gasteiger charge is -2.15. The first-order valence-corrected chi connectivity index (χ1v) is 6.72. The van der Waals surface area contributed by atoms with E-state index in [1.54, 1.807) is 18.2 Å². The zero-order valence-corrected chi connectivity index (χ0v) is 12.0. The molecule has 21 heavy (non-hydrogen) atoms. The normalized spacial score (nSPS) is 14.9. The van der Waals surface area contributed by atoms with Gasteiger partial charge >= 0.3 is 0 Å². The molecule has 0 saturated carbocycles. The second kappa shape index (κ2) is 5.97. The van der Waals surface area contributed by atoms with E-state index in [1.165, 1.54) is 6.08 Å². The van der Waals surface area contributed by atoms with E-state index in [1.807, 2.05) is 13.8 Å². The Hall–Kier alpha value is -2.34. The zero-order valence-electron chi connectivity index (χ0n) is 12.0. The minimum atomic E-state index is -0.511. The van der Waals surface area contributed by atoms with E-state index < -0.39 is 11.8 Å². The number of phenolic OH excluding ortho intramolecular Hbond substituents is 1. The molecular formula is C15H18N2O4. The number of nitrogens with zero attached hydrogens (tertiary/aromatic N) is 1. The first kappa shape index (κ1) is 15.1. The molecule has 0 unspecified atom stereocenters. The highest BCUT2D eigenvalue weighted by Gasteiger charge is 2.30. The van der Waals surface area contributed by atoms with Crippen LogP contribution in [0.15, 0.2) is 30.0 Å². The maximum Gasteiger partial charge on any atom is 0.277 e. The van der Waals surface area contributed by atoms with Gasteiger partial charge in [-0.1, -0.05) is 19.9 Å². The van der Waals surface area contributed by atoms with Gasteiger partial charge in [-0.15, -0.1) is 0 Å². The predicted octanol–water partition coefficient (Wildman–Crippen LogP) is 1.17. The molecule has 6 nitrogen and oxygen atoms in total. The monoisotopic (exact) mass is 290 g/mol. The standard InChI is InChI=1S/C15H18N2O4/c1-9(2)10-3-4-13(19)11(7-10)16-12-8-14(20)17(5-6-18)15(12)21/h3-4,7-9,16,18-19H,5-6H2,1-2H3. The third kappa shape index (κ3) is 3.05. The summed E-state index contributed by atoms with van der Waals surface area (Å²) in [6.07, 6.45) is 1.17. The van der Waals surface area contributed by atoms with Gasteiger partial charge in [0.15, 0.2) is 0 Å². The van der Waals surface area contributed by atoms with E-state index in [9.17, 15) is 14.7 Å². The molecule has 1 aromatic carbocycles. The summed E-state index contributed by atoms with van der Waals surface area (Å²) in [6.45, 7) is 3.70. The van der Waals surface area contributed by atoms with Gasteiger partial charge in [0, 0.05) is 6.08 Å². The van der Waals surface area contributed by atoms with Crippen molar-refractivity contribution in [3.63, 3.8) is 0 Å². The van der Waals surface area contributed by atoms with Crippen molar-refractivity contribution >= 4 is 17.5 Å². The second-order valence-corrected chi connectivity index (χ2v) is 5.13. The van der Waals surface area contributed by atoms with E-state index in [0.29, 0.717) is 5.69 Å². The number of carbonyl (C=O) groups is 2. The van der Waals surface area contributed by atoms with Crippen molar-refractivity contribution in [2.75, 3.05) is 18.5 Å². The van der Waals surface area contributed by atoms with Crippen LogP contribution in [0.1, 0.15) is 25.3 Å². The molecule has 0 saturated heterocycles. The van der Waals surface area contributed by atoms with Gasteiger partial charge in [-0.2, -0.15) is 0 Å². The van der Waals surface area contributed by atoms with Gasteiger partial charge in [-0.25, -0.2) is 0 Å². The Morgan fingerprint density at radius 2 is 2.00 bits per heavy atom. The molecule has 0 spiro atoms. The van der Waals surface area contributed by atoms with Crippen LogP contribution in [0.4, 0.5) is 5.69 Å². The van der Waals surface area contributed by atoms with Crippen molar-refractivity contribution in [3.05, 3.63) is 35.5 Å². The third-order valence-electron chi connectivity index (χ3n) is 3.29. The molecular weight excluding hydrogens is 272 g/mol. The summed E-state index contributed by atoms with van der Waals surface area (Å²) < 4.78 is 0. The summed E-state index contributed by atoms with van der Waals surface area (Å²) >= 11 is 0. The van der Waals surface area contributed by atoms with Gasteiger partial charge in [0.05, 0.1) is 18.8 Å². The number of phenols is 1. The van der Waals surface area contributed by atoms with Crippen molar-refractivity contribution in [1.82, 2.24) is 4.90 Å². The van der Waals surface area contributed by atoms with Crippen LogP contribution in [0.5, 0.6) is 5.75 Å². The quantitative estimate of drug-likeness (QED) is 0.559. The number of aliphatic hydroxyl groups is 1. The molecule has 2 rings (SSSR count). The van der Waals surface area contributed by atoms with E-state index in [-0.39, 0.29) is 30.5 Å². The molecule has 0 bridgehead atoms. The molecule has 112 valence electrons. The van der Waals surface area contributed by atoms with Crippen LogP contribution >= 0.6 is 0 Å². The zero-order chi connectivity index (χ0) is 15.6. The molecule has 0 aliphatic carbocycles. The number of rotatable bonds is 5. The van der Waals surface area contributed by atoms with Gasteiger partial charge < -0.3 is 15.5 Å². The average molecular weight is 290 g/mol. The molecule has 0 atom stereocenters. The topological polar surface area (TPSA) is 89.9 Å². The largest absolute Gasteiger partial charge is 0.506 e. The summed E-state index contributed by atoms with van der Waals surface area (Å²) in [6, 6.07) is 5.09. The predicted molar refractivity (Wildman–Crippen MR) is 77.7 cm³/mol. The first-order chi connectivity index (χ1) is 9.93. The van der Waals surface area contributed by atoms with Crippen LogP contribution in [-0.2, 0) is 9.59 Å². The first-order valence-electron chi connectivity index (χ1n) is 6.72.